The number of aliphatic hydroxyl groups excluding tert-OH is 1. The van der Waals surface area contributed by atoms with Crippen molar-refractivity contribution >= 4 is 11.9 Å². The number of allylic oxidation sites excluding steroid dienone is 12. The van der Waals surface area contributed by atoms with Crippen molar-refractivity contribution in [1.82, 2.24) is 0 Å². The maximum Gasteiger partial charge on any atom is 0.306 e. The SMILES string of the molecule is CC/C=C\C/C=C\C/C=C\C/C=C\CCC(=O)OC(CO)COC(=O)CCCCCCC/C=C\C/C=C\CCCCCC. The molecule has 0 bridgehead atoms. The maximum atomic E-state index is 12.1. The van der Waals surface area contributed by atoms with Crippen molar-refractivity contribution < 1.29 is 24.2 Å². The topological polar surface area (TPSA) is 72.8 Å². The second-order valence-corrected chi connectivity index (χ2v) is 10.9. The number of hydrogen-bond acceptors (Lipinski definition) is 5. The van der Waals surface area contributed by atoms with Crippen LogP contribution in [0.3, 0.4) is 0 Å². The van der Waals surface area contributed by atoms with Gasteiger partial charge in [0.1, 0.15) is 6.61 Å². The van der Waals surface area contributed by atoms with Gasteiger partial charge in [0.2, 0.25) is 0 Å². The Morgan fingerprint density at radius 3 is 1.60 bits per heavy atom. The molecule has 5 heteroatoms. The smallest absolute Gasteiger partial charge is 0.306 e. The highest BCUT2D eigenvalue weighted by Gasteiger charge is 2.15. The minimum absolute atomic E-state index is 0.106. The van der Waals surface area contributed by atoms with E-state index in [0.29, 0.717) is 12.8 Å². The number of ether oxygens (including phenoxy) is 2. The predicted molar refractivity (Wildman–Crippen MR) is 182 cm³/mol. The van der Waals surface area contributed by atoms with E-state index in [1.807, 2.05) is 12.2 Å². The molecule has 0 spiro atoms. The van der Waals surface area contributed by atoms with Crippen molar-refractivity contribution in [2.75, 3.05) is 13.2 Å². The van der Waals surface area contributed by atoms with Gasteiger partial charge in [-0.15, -0.1) is 0 Å². The highest BCUT2D eigenvalue weighted by molar-refractivity contribution is 5.70. The number of carbonyl (C=O) groups is 2. The molecule has 0 aliphatic carbocycles. The van der Waals surface area contributed by atoms with Gasteiger partial charge in [-0.2, -0.15) is 0 Å². The molecular formula is C38H62O5. The van der Waals surface area contributed by atoms with Crippen molar-refractivity contribution in [2.24, 2.45) is 0 Å². The molecule has 244 valence electrons. The van der Waals surface area contributed by atoms with Gasteiger partial charge in [-0.3, -0.25) is 9.59 Å². The number of esters is 2. The van der Waals surface area contributed by atoms with E-state index in [2.05, 4.69) is 74.6 Å². The van der Waals surface area contributed by atoms with Crippen LogP contribution in [0.4, 0.5) is 0 Å². The first-order valence-corrected chi connectivity index (χ1v) is 17.0. The van der Waals surface area contributed by atoms with Gasteiger partial charge in [0.15, 0.2) is 6.10 Å². The van der Waals surface area contributed by atoms with Crippen LogP contribution in [-0.2, 0) is 19.1 Å². The molecule has 0 rings (SSSR count). The van der Waals surface area contributed by atoms with Crippen LogP contribution >= 0.6 is 0 Å². The molecular weight excluding hydrogens is 536 g/mol. The number of rotatable bonds is 29. The van der Waals surface area contributed by atoms with Crippen LogP contribution in [0.15, 0.2) is 72.9 Å². The summed E-state index contributed by atoms with van der Waals surface area (Å²) in [5.74, 6) is -0.711. The largest absolute Gasteiger partial charge is 0.462 e. The van der Waals surface area contributed by atoms with Crippen LogP contribution in [0.1, 0.15) is 136 Å². The molecule has 5 nitrogen and oxygen atoms in total. The van der Waals surface area contributed by atoms with Gasteiger partial charge in [-0.05, 0) is 70.6 Å². The zero-order valence-electron chi connectivity index (χ0n) is 27.4. The molecule has 43 heavy (non-hydrogen) atoms. The molecule has 0 heterocycles. The van der Waals surface area contributed by atoms with Crippen LogP contribution in [0.2, 0.25) is 0 Å². The summed E-state index contributed by atoms with van der Waals surface area (Å²) in [5.41, 5.74) is 0. The molecule has 0 aliphatic rings. The summed E-state index contributed by atoms with van der Waals surface area (Å²) in [4.78, 5) is 24.1. The van der Waals surface area contributed by atoms with Crippen molar-refractivity contribution in [2.45, 2.75) is 142 Å². The Labute approximate surface area is 263 Å². The number of hydrogen-bond donors (Lipinski definition) is 1. The predicted octanol–water partition coefficient (Wildman–Crippen LogP) is 10.2. The summed E-state index contributed by atoms with van der Waals surface area (Å²) in [5, 5.41) is 9.49. The Hall–Kier alpha value is -2.66. The van der Waals surface area contributed by atoms with Crippen molar-refractivity contribution in [3.8, 4) is 0 Å². The Morgan fingerprint density at radius 1 is 0.558 bits per heavy atom. The van der Waals surface area contributed by atoms with Gasteiger partial charge in [0.05, 0.1) is 6.61 Å². The van der Waals surface area contributed by atoms with Gasteiger partial charge in [-0.25, -0.2) is 0 Å². The first-order chi connectivity index (χ1) is 21.1. The summed E-state index contributed by atoms with van der Waals surface area (Å²) >= 11 is 0. The standard InChI is InChI=1S/C38H62O5/c1-3-5-7-9-11-13-15-17-18-19-21-22-24-26-28-30-32-37(40)42-35-36(34-39)43-38(41)33-31-29-27-25-23-20-16-14-12-10-8-6-4-2/h6,8,12-15,18-20,23,27,29,36,39H,3-5,7,9-11,16-17,21-22,24-26,28,30-35H2,1-2H3/b8-6-,14-12-,15-13-,19-18-,23-20-,29-27-. The zero-order valence-corrected chi connectivity index (χ0v) is 27.4. The van der Waals surface area contributed by atoms with Gasteiger partial charge in [0.25, 0.3) is 0 Å². The van der Waals surface area contributed by atoms with Crippen molar-refractivity contribution in [3.63, 3.8) is 0 Å². The molecule has 0 amide bonds. The summed E-state index contributed by atoms with van der Waals surface area (Å²) in [6.45, 7) is 3.90. The molecule has 0 saturated carbocycles. The Kier molecular flexibility index (Phi) is 31.7. The van der Waals surface area contributed by atoms with Gasteiger partial charge >= 0.3 is 11.9 Å². The second-order valence-electron chi connectivity index (χ2n) is 10.9. The third kappa shape index (κ3) is 32.1. The normalized spacial score (nSPS) is 13.1. The Morgan fingerprint density at radius 2 is 1.05 bits per heavy atom. The van der Waals surface area contributed by atoms with E-state index in [1.165, 1.54) is 38.5 Å². The van der Waals surface area contributed by atoms with Crippen molar-refractivity contribution in [3.05, 3.63) is 72.9 Å². The fraction of sp³-hybridized carbons (Fsp3) is 0.632. The van der Waals surface area contributed by atoms with Crippen LogP contribution in [0.25, 0.3) is 0 Å². The highest BCUT2D eigenvalue weighted by Crippen LogP contribution is 2.09. The summed E-state index contributed by atoms with van der Waals surface area (Å²) in [6.07, 6.45) is 43.9. The lowest BCUT2D eigenvalue weighted by Crippen LogP contribution is -2.28. The zero-order chi connectivity index (χ0) is 31.5. The van der Waals surface area contributed by atoms with Crippen LogP contribution < -0.4 is 0 Å². The summed E-state index contributed by atoms with van der Waals surface area (Å²) < 4.78 is 10.5. The van der Waals surface area contributed by atoms with E-state index in [9.17, 15) is 14.7 Å². The van der Waals surface area contributed by atoms with Gasteiger partial charge in [-0.1, -0.05) is 125 Å². The molecule has 0 fully saturated rings. The van der Waals surface area contributed by atoms with Crippen LogP contribution in [-0.4, -0.2) is 36.4 Å². The Balaban J connectivity index is 3.74. The molecule has 1 N–H and O–H groups in total. The van der Waals surface area contributed by atoms with Gasteiger partial charge in [0, 0.05) is 12.8 Å². The van der Waals surface area contributed by atoms with E-state index in [-0.39, 0.29) is 25.6 Å². The third-order valence-electron chi connectivity index (χ3n) is 6.75. The second kappa shape index (κ2) is 33.8. The quantitative estimate of drug-likeness (QED) is 0.0527. The third-order valence-corrected chi connectivity index (χ3v) is 6.75. The number of aliphatic hydroxyl groups is 1. The lowest BCUT2D eigenvalue weighted by atomic mass is 10.1. The molecule has 0 aliphatic heterocycles. The van der Waals surface area contributed by atoms with Gasteiger partial charge < -0.3 is 14.6 Å². The molecule has 0 saturated heterocycles. The lowest BCUT2D eigenvalue weighted by Gasteiger charge is -2.15. The fourth-order valence-corrected chi connectivity index (χ4v) is 4.18. The summed E-state index contributed by atoms with van der Waals surface area (Å²) in [6, 6.07) is 0. The molecule has 0 aromatic carbocycles. The van der Waals surface area contributed by atoms with Crippen LogP contribution in [0, 0.1) is 0 Å². The lowest BCUT2D eigenvalue weighted by molar-refractivity contribution is -0.161. The molecule has 1 unspecified atom stereocenters. The van der Waals surface area contributed by atoms with E-state index in [0.717, 1.165) is 64.2 Å². The van der Waals surface area contributed by atoms with E-state index in [1.54, 1.807) is 0 Å². The van der Waals surface area contributed by atoms with Crippen molar-refractivity contribution in [1.29, 1.82) is 0 Å². The average Bonchev–Trinajstić information content (AvgIpc) is 3.01. The molecule has 1 atom stereocenters. The average molecular weight is 599 g/mol. The monoisotopic (exact) mass is 598 g/mol. The Bertz CT molecular complexity index is 818. The first kappa shape index (κ1) is 40.3. The minimum Gasteiger partial charge on any atom is -0.462 e. The molecule has 0 aromatic heterocycles. The van der Waals surface area contributed by atoms with E-state index >= 15 is 0 Å². The highest BCUT2D eigenvalue weighted by atomic mass is 16.6. The number of carbonyl (C=O) groups excluding carboxylic acids is 2. The fourth-order valence-electron chi connectivity index (χ4n) is 4.18. The van der Waals surface area contributed by atoms with E-state index < -0.39 is 12.1 Å². The van der Waals surface area contributed by atoms with Crippen LogP contribution in [0.5, 0.6) is 0 Å². The first-order valence-electron chi connectivity index (χ1n) is 17.0. The van der Waals surface area contributed by atoms with E-state index in [4.69, 9.17) is 9.47 Å². The maximum absolute atomic E-state index is 12.1. The number of unbranched alkanes of at least 4 members (excludes halogenated alkanes) is 9. The minimum atomic E-state index is -0.816. The molecule has 0 aromatic rings. The molecule has 0 radical (unpaired) electrons. The summed E-state index contributed by atoms with van der Waals surface area (Å²) in [7, 11) is 0.